The molecule has 0 amide bonds. The number of aryl methyl sites for hydroxylation is 1. The van der Waals surface area contributed by atoms with Gasteiger partial charge in [0.1, 0.15) is 0 Å². The summed E-state index contributed by atoms with van der Waals surface area (Å²) in [6.07, 6.45) is 1.01. The maximum atomic E-state index is 5.85. The van der Waals surface area contributed by atoms with Crippen molar-refractivity contribution in [3.8, 4) is 0 Å². The number of methoxy groups -OCH3 is 1. The quantitative estimate of drug-likeness (QED) is 0.759. The summed E-state index contributed by atoms with van der Waals surface area (Å²) < 4.78 is 4.97. The Kier molecular flexibility index (Phi) is 4.77. The number of benzene rings is 1. The highest BCUT2D eigenvalue weighted by atomic mass is 35.5. The van der Waals surface area contributed by atoms with Crippen LogP contribution < -0.4 is 5.32 Å². The molecule has 0 fully saturated rings. The van der Waals surface area contributed by atoms with Crippen molar-refractivity contribution in [1.29, 1.82) is 0 Å². The first-order valence-corrected chi connectivity index (χ1v) is 5.11. The highest BCUT2D eigenvalue weighted by Crippen LogP contribution is 2.19. The lowest BCUT2D eigenvalue weighted by Crippen LogP contribution is -2.05. The van der Waals surface area contributed by atoms with E-state index in [2.05, 4.69) is 5.32 Å². The van der Waals surface area contributed by atoms with Gasteiger partial charge in [-0.15, -0.1) is 0 Å². The second kappa shape index (κ2) is 5.89. The standard InChI is InChI=1S/C11H16ClNO/c1-9-8-10(12)4-5-11(9)13-6-3-7-14-2/h4-5,8,13H,3,6-7H2,1-2H3. The number of anilines is 1. The predicted molar refractivity (Wildman–Crippen MR) is 61.2 cm³/mol. The fraction of sp³-hybridized carbons (Fsp3) is 0.455. The van der Waals surface area contributed by atoms with Crippen LogP contribution in [-0.2, 0) is 4.74 Å². The third kappa shape index (κ3) is 3.56. The normalized spacial score (nSPS) is 10.2. The van der Waals surface area contributed by atoms with Crippen LogP contribution in [0.25, 0.3) is 0 Å². The maximum Gasteiger partial charge on any atom is 0.0479 e. The minimum Gasteiger partial charge on any atom is -0.385 e. The van der Waals surface area contributed by atoms with Crippen molar-refractivity contribution in [1.82, 2.24) is 0 Å². The summed E-state index contributed by atoms with van der Waals surface area (Å²) in [6, 6.07) is 5.86. The smallest absolute Gasteiger partial charge is 0.0479 e. The SMILES string of the molecule is COCCCNc1ccc(Cl)cc1C. The Balaban J connectivity index is 2.42. The topological polar surface area (TPSA) is 21.3 Å². The first-order valence-electron chi connectivity index (χ1n) is 4.73. The van der Waals surface area contributed by atoms with E-state index in [1.165, 1.54) is 5.56 Å². The lowest BCUT2D eigenvalue weighted by atomic mass is 10.2. The molecule has 1 aromatic carbocycles. The molecule has 1 rings (SSSR count). The maximum absolute atomic E-state index is 5.85. The van der Waals surface area contributed by atoms with E-state index in [9.17, 15) is 0 Å². The highest BCUT2D eigenvalue weighted by molar-refractivity contribution is 6.30. The predicted octanol–water partition coefficient (Wildman–Crippen LogP) is 3.10. The van der Waals surface area contributed by atoms with Gasteiger partial charge in [0, 0.05) is 31.0 Å². The Labute approximate surface area is 90.2 Å². The van der Waals surface area contributed by atoms with E-state index >= 15 is 0 Å². The lowest BCUT2D eigenvalue weighted by molar-refractivity contribution is 0.198. The zero-order valence-corrected chi connectivity index (χ0v) is 9.40. The Bertz CT molecular complexity index is 289. The molecule has 0 radical (unpaired) electrons. The van der Waals surface area contributed by atoms with Crippen LogP contribution in [0.5, 0.6) is 0 Å². The van der Waals surface area contributed by atoms with Crippen LogP contribution in [0.4, 0.5) is 5.69 Å². The molecule has 0 unspecified atom stereocenters. The second-order valence-electron chi connectivity index (χ2n) is 3.23. The van der Waals surface area contributed by atoms with Gasteiger partial charge in [0.25, 0.3) is 0 Å². The van der Waals surface area contributed by atoms with Gasteiger partial charge < -0.3 is 10.1 Å². The minimum absolute atomic E-state index is 0.782. The Morgan fingerprint density at radius 3 is 2.86 bits per heavy atom. The van der Waals surface area contributed by atoms with E-state index in [-0.39, 0.29) is 0 Å². The average molecular weight is 214 g/mol. The zero-order valence-electron chi connectivity index (χ0n) is 8.64. The van der Waals surface area contributed by atoms with Crippen molar-refractivity contribution in [3.63, 3.8) is 0 Å². The molecule has 1 N–H and O–H groups in total. The molecule has 78 valence electrons. The van der Waals surface area contributed by atoms with E-state index in [0.29, 0.717) is 0 Å². The molecule has 14 heavy (non-hydrogen) atoms. The van der Waals surface area contributed by atoms with Crippen LogP contribution in [0.2, 0.25) is 5.02 Å². The molecule has 0 aliphatic heterocycles. The molecule has 0 saturated heterocycles. The van der Waals surface area contributed by atoms with Crippen LogP contribution in [0.1, 0.15) is 12.0 Å². The summed E-state index contributed by atoms with van der Waals surface area (Å²) in [4.78, 5) is 0. The van der Waals surface area contributed by atoms with Crippen molar-refractivity contribution >= 4 is 17.3 Å². The van der Waals surface area contributed by atoms with Crippen LogP contribution in [-0.4, -0.2) is 20.3 Å². The fourth-order valence-electron chi connectivity index (χ4n) is 1.26. The number of rotatable bonds is 5. The molecule has 2 nitrogen and oxygen atoms in total. The van der Waals surface area contributed by atoms with Gasteiger partial charge in [-0.05, 0) is 37.1 Å². The number of ether oxygens (including phenoxy) is 1. The van der Waals surface area contributed by atoms with Crippen molar-refractivity contribution < 1.29 is 4.74 Å². The van der Waals surface area contributed by atoms with Gasteiger partial charge in [-0.3, -0.25) is 0 Å². The van der Waals surface area contributed by atoms with Crippen molar-refractivity contribution in [2.45, 2.75) is 13.3 Å². The summed E-state index contributed by atoms with van der Waals surface area (Å²) in [5, 5.41) is 4.12. The molecule has 0 bridgehead atoms. The zero-order chi connectivity index (χ0) is 10.4. The van der Waals surface area contributed by atoms with Gasteiger partial charge in [0.2, 0.25) is 0 Å². The molecule has 0 aliphatic carbocycles. The van der Waals surface area contributed by atoms with E-state index in [0.717, 1.165) is 30.3 Å². The first-order chi connectivity index (χ1) is 6.74. The Morgan fingerprint density at radius 2 is 2.21 bits per heavy atom. The van der Waals surface area contributed by atoms with Crippen molar-refractivity contribution in [2.24, 2.45) is 0 Å². The number of nitrogens with one attached hydrogen (secondary N) is 1. The summed E-state index contributed by atoms with van der Waals surface area (Å²) in [5.41, 5.74) is 2.32. The monoisotopic (exact) mass is 213 g/mol. The highest BCUT2D eigenvalue weighted by Gasteiger charge is 1.97. The largest absolute Gasteiger partial charge is 0.385 e. The van der Waals surface area contributed by atoms with Gasteiger partial charge in [-0.25, -0.2) is 0 Å². The van der Waals surface area contributed by atoms with Gasteiger partial charge in [0.05, 0.1) is 0 Å². The third-order valence-corrected chi connectivity index (χ3v) is 2.26. The van der Waals surface area contributed by atoms with E-state index < -0.39 is 0 Å². The Hall–Kier alpha value is -0.730. The molecule has 1 aromatic rings. The van der Waals surface area contributed by atoms with Gasteiger partial charge in [-0.1, -0.05) is 11.6 Å². The van der Waals surface area contributed by atoms with Gasteiger partial charge >= 0.3 is 0 Å². The molecule has 0 aliphatic rings. The average Bonchev–Trinajstić information content (AvgIpc) is 2.15. The summed E-state index contributed by atoms with van der Waals surface area (Å²) in [6.45, 7) is 3.76. The van der Waals surface area contributed by atoms with Crippen molar-refractivity contribution in [2.75, 3.05) is 25.6 Å². The van der Waals surface area contributed by atoms with Gasteiger partial charge in [-0.2, -0.15) is 0 Å². The molecule has 0 aromatic heterocycles. The third-order valence-electron chi connectivity index (χ3n) is 2.03. The molecular formula is C11H16ClNO. The van der Waals surface area contributed by atoms with Crippen LogP contribution in [0, 0.1) is 6.92 Å². The van der Waals surface area contributed by atoms with Crippen LogP contribution in [0.15, 0.2) is 18.2 Å². The second-order valence-corrected chi connectivity index (χ2v) is 3.67. The van der Waals surface area contributed by atoms with Crippen LogP contribution >= 0.6 is 11.6 Å². The molecule has 0 spiro atoms. The molecular weight excluding hydrogens is 198 g/mol. The van der Waals surface area contributed by atoms with Crippen molar-refractivity contribution in [3.05, 3.63) is 28.8 Å². The van der Waals surface area contributed by atoms with E-state index in [1.54, 1.807) is 7.11 Å². The van der Waals surface area contributed by atoms with E-state index in [1.807, 2.05) is 25.1 Å². The number of hydrogen-bond donors (Lipinski definition) is 1. The molecule has 3 heteroatoms. The molecule has 0 saturated carbocycles. The summed E-state index contributed by atoms with van der Waals surface area (Å²) in [7, 11) is 1.72. The van der Waals surface area contributed by atoms with E-state index in [4.69, 9.17) is 16.3 Å². The number of hydrogen-bond acceptors (Lipinski definition) is 2. The first kappa shape index (κ1) is 11.3. The minimum atomic E-state index is 0.782. The lowest BCUT2D eigenvalue weighted by Gasteiger charge is -2.09. The fourth-order valence-corrected chi connectivity index (χ4v) is 1.49. The molecule has 0 heterocycles. The summed E-state index contributed by atoms with van der Waals surface area (Å²) >= 11 is 5.85. The Morgan fingerprint density at radius 1 is 1.43 bits per heavy atom. The van der Waals surface area contributed by atoms with Gasteiger partial charge in [0.15, 0.2) is 0 Å². The summed E-state index contributed by atoms with van der Waals surface area (Å²) in [5.74, 6) is 0. The molecule has 0 atom stereocenters. The van der Waals surface area contributed by atoms with Crippen LogP contribution in [0.3, 0.4) is 0 Å². The number of halogens is 1.